The summed E-state index contributed by atoms with van der Waals surface area (Å²) in [4.78, 5) is 51.5. The van der Waals surface area contributed by atoms with Crippen LogP contribution in [0.3, 0.4) is 0 Å². The fourth-order valence-electron chi connectivity index (χ4n) is 5.22. The molecule has 3 amide bonds. The predicted octanol–water partition coefficient (Wildman–Crippen LogP) is 3.32. The number of allylic oxidation sites excluding steroid dienone is 2. The number of nitrogens with one attached hydrogen (secondary N) is 1. The van der Waals surface area contributed by atoms with Crippen LogP contribution in [0.1, 0.15) is 23.7 Å². The lowest BCUT2D eigenvalue weighted by atomic mass is 9.82. The first-order chi connectivity index (χ1) is 15.8. The normalized spacial score (nSPS) is 25.2. The molecule has 5 rings (SSSR count). The molecule has 0 spiro atoms. The number of rotatable bonds is 5. The smallest absolute Gasteiger partial charge is 0.338 e. The van der Waals surface area contributed by atoms with E-state index in [0.717, 1.165) is 6.42 Å². The summed E-state index contributed by atoms with van der Waals surface area (Å²) in [5, 5.41) is 2.50. The van der Waals surface area contributed by atoms with Crippen molar-refractivity contribution >= 4 is 35.1 Å². The van der Waals surface area contributed by atoms with Gasteiger partial charge in [0.25, 0.3) is 5.91 Å². The van der Waals surface area contributed by atoms with E-state index in [1.165, 1.54) is 59.0 Å². The van der Waals surface area contributed by atoms with Crippen LogP contribution in [0, 0.1) is 29.5 Å². The van der Waals surface area contributed by atoms with Gasteiger partial charge in [-0.1, -0.05) is 11.6 Å². The number of ether oxygens (including phenoxy) is 1. The molecule has 168 valence electrons. The van der Waals surface area contributed by atoms with Crippen LogP contribution in [0.15, 0.2) is 60.2 Å². The Balaban J connectivity index is 1.21. The molecule has 0 unspecified atom stereocenters. The zero-order chi connectivity index (χ0) is 23.3. The van der Waals surface area contributed by atoms with Gasteiger partial charge in [0, 0.05) is 5.69 Å². The van der Waals surface area contributed by atoms with Crippen molar-refractivity contribution in [3.05, 3.63) is 71.6 Å². The molecule has 7 nitrogen and oxygen atoms in total. The third-order valence-electron chi connectivity index (χ3n) is 6.70. The second-order valence-electron chi connectivity index (χ2n) is 8.66. The largest absolute Gasteiger partial charge is 0.452 e. The topological polar surface area (TPSA) is 92.8 Å². The van der Waals surface area contributed by atoms with E-state index >= 15 is 0 Å². The molecule has 4 atom stereocenters. The SMILES string of the molecule is CC1=C[C@H]2C[C@H]1[C@H]1C(=O)N(c3ccc(C(=O)OCC(=O)Nc4ccc(F)cc4)cc3)C(=O)[C@H]12. The molecule has 3 aliphatic rings. The molecule has 0 aromatic heterocycles. The van der Waals surface area contributed by atoms with Gasteiger partial charge in [0.15, 0.2) is 6.61 Å². The van der Waals surface area contributed by atoms with Crippen LogP contribution in [0.5, 0.6) is 0 Å². The van der Waals surface area contributed by atoms with Crippen molar-refractivity contribution in [1.29, 1.82) is 0 Å². The molecule has 33 heavy (non-hydrogen) atoms. The maximum absolute atomic E-state index is 13.0. The Morgan fingerprint density at radius 1 is 1.03 bits per heavy atom. The monoisotopic (exact) mass is 448 g/mol. The molecule has 8 heteroatoms. The summed E-state index contributed by atoms with van der Waals surface area (Å²) in [6.07, 6.45) is 2.98. The van der Waals surface area contributed by atoms with Gasteiger partial charge in [0.1, 0.15) is 5.82 Å². The van der Waals surface area contributed by atoms with Crippen molar-refractivity contribution < 1.29 is 28.3 Å². The van der Waals surface area contributed by atoms with Crippen molar-refractivity contribution in [1.82, 2.24) is 0 Å². The van der Waals surface area contributed by atoms with E-state index in [-0.39, 0.29) is 41.0 Å². The second kappa shape index (κ2) is 7.95. The number of esters is 1. The van der Waals surface area contributed by atoms with Gasteiger partial charge in [0.05, 0.1) is 23.1 Å². The highest BCUT2D eigenvalue weighted by Gasteiger charge is 2.60. The first-order valence-corrected chi connectivity index (χ1v) is 10.7. The summed E-state index contributed by atoms with van der Waals surface area (Å²) in [6, 6.07) is 11.2. The Morgan fingerprint density at radius 2 is 1.70 bits per heavy atom. The molecule has 2 bridgehead atoms. The minimum atomic E-state index is -0.718. The molecule has 2 aliphatic carbocycles. The number of carbonyl (C=O) groups is 4. The first-order valence-electron chi connectivity index (χ1n) is 10.7. The minimum Gasteiger partial charge on any atom is -0.452 e. The summed E-state index contributed by atoms with van der Waals surface area (Å²) in [6.45, 7) is 1.50. The molecule has 1 aliphatic heterocycles. The quantitative estimate of drug-likeness (QED) is 0.430. The van der Waals surface area contributed by atoms with Crippen molar-refractivity contribution in [2.24, 2.45) is 23.7 Å². The summed E-state index contributed by atoms with van der Waals surface area (Å²) < 4.78 is 17.9. The van der Waals surface area contributed by atoms with E-state index in [2.05, 4.69) is 11.4 Å². The van der Waals surface area contributed by atoms with Gasteiger partial charge in [-0.05, 0) is 73.7 Å². The predicted molar refractivity (Wildman–Crippen MR) is 117 cm³/mol. The lowest BCUT2D eigenvalue weighted by Crippen LogP contribution is -2.33. The number of benzene rings is 2. The Labute approximate surface area is 189 Å². The van der Waals surface area contributed by atoms with Crippen molar-refractivity contribution in [3.8, 4) is 0 Å². The highest BCUT2D eigenvalue weighted by molar-refractivity contribution is 6.23. The van der Waals surface area contributed by atoms with Crippen LogP contribution >= 0.6 is 0 Å². The number of amides is 3. The van der Waals surface area contributed by atoms with Crippen molar-refractivity contribution in [2.45, 2.75) is 13.3 Å². The van der Waals surface area contributed by atoms with Crippen LogP contribution in [0.4, 0.5) is 15.8 Å². The van der Waals surface area contributed by atoms with E-state index < -0.39 is 24.3 Å². The number of imide groups is 1. The maximum atomic E-state index is 13.0. The number of carbonyl (C=O) groups excluding carboxylic acids is 4. The fraction of sp³-hybridized carbons (Fsp3) is 0.280. The van der Waals surface area contributed by atoms with Gasteiger partial charge in [0.2, 0.25) is 11.8 Å². The summed E-state index contributed by atoms with van der Waals surface area (Å²) in [5.74, 6) is -2.41. The van der Waals surface area contributed by atoms with E-state index in [4.69, 9.17) is 4.74 Å². The number of halogens is 1. The molecular formula is C25H21FN2O5. The summed E-state index contributed by atoms with van der Waals surface area (Å²) in [7, 11) is 0. The second-order valence-corrected chi connectivity index (χ2v) is 8.66. The highest BCUT2D eigenvalue weighted by atomic mass is 19.1. The van der Waals surface area contributed by atoms with Gasteiger partial charge in [-0.2, -0.15) is 0 Å². The number of nitrogens with zero attached hydrogens (tertiary/aromatic N) is 1. The van der Waals surface area contributed by atoms with Crippen LogP contribution in [-0.2, 0) is 19.1 Å². The minimum absolute atomic E-state index is 0.122. The molecule has 1 heterocycles. The molecule has 2 fully saturated rings. The van der Waals surface area contributed by atoms with Crippen LogP contribution in [0.2, 0.25) is 0 Å². The molecule has 1 N–H and O–H groups in total. The average molecular weight is 448 g/mol. The molecule has 1 saturated carbocycles. The number of hydrogen-bond acceptors (Lipinski definition) is 5. The number of hydrogen-bond donors (Lipinski definition) is 1. The van der Waals surface area contributed by atoms with Gasteiger partial charge < -0.3 is 10.1 Å². The fourth-order valence-corrected chi connectivity index (χ4v) is 5.22. The van der Waals surface area contributed by atoms with Crippen molar-refractivity contribution in [2.75, 3.05) is 16.8 Å². The zero-order valence-corrected chi connectivity index (χ0v) is 17.8. The molecule has 2 aromatic carbocycles. The molecule has 1 saturated heterocycles. The first kappa shape index (κ1) is 21.1. The third-order valence-corrected chi connectivity index (χ3v) is 6.70. The Morgan fingerprint density at radius 3 is 2.39 bits per heavy atom. The highest BCUT2D eigenvalue weighted by Crippen LogP contribution is 2.55. The van der Waals surface area contributed by atoms with E-state index in [0.29, 0.717) is 11.4 Å². The molecule has 0 radical (unpaired) electrons. The van der Waals surface area contributed by atoms with E-state index in [1.807, 2.05) is 6.92 Å². The molecule has 2 aromatic rings. The lowest BCUT2D eigenvalue weighted by Gasteiger charge is -2.19. The van der Waals surface area contributed by atoms with Gasteiger partial charge >= 0.3 is 5.97 Å². The van der Waals surface area contributed by atoms with Crippen molar-refractivity contribution in [3.63, 3.8) is 0 Å². The van der Waals surface area contributed by atoms with Crippen LogP contribution < -0.4 is 10.2 Å². The number of anilines is 2. The van der Waals surface area contributed by atoms with Crippen LogP contribution in [-0.4, -0.2) is 30.3 Å². The number of fused-ring (bicyclic) bond motifs is 5. The summed E-state index contributed by atoms with van der Waals surface area (Å²) >= 11 is 0. The maximum Gasteiger partial charge on any atom is 0.338 e. The Bertz CT molecular complexity index is 1190. The third kappa shape index (κ3) is 3.61. The Kier molecular flexibility index (Phi) is 5.08. The summed E-state index contributed by atoms with van der Waals surface area (Å²) in [5.41, 5.74) is 2.17. The standard InChI is InChI=1S/C25H21FN2O5/c1-13-10-15-11-19(13)22-21(15)23(30)28(24(22)31)18-8-2-14(3-9-18)25(32)33-12-20(29)27-17-6-4-16(26)5-7-17/h2-10,15,19,21-22H,11-12H2,1H3,(H,27,29)/t15-,19+,21-,22+/m0/s1. The Hall–Kier alpha value is -3.81. The van der Waals surface area contributed by atoms with Crippen LogP contribution in [0.25, 0.3) is 0 Å². The van der Waals surface area contributed by atoms with Gasteiger partial charge in [-0.25, -0.2) is 9.18 Å². The van der Waals surface area contributed by atoms with Gasteiger partial charge in [-0.3, -0.25) is 19.3 Å². The molecular weight excluding hydrogens is 427 g/mol. The average Bonchev–Trinajstić information content (AvgIpc) is 3.44. The zero-order valence-electron chi connectivity index (χ0n) is 17.8. The van der Waals surface area contributed by atoms with E-state index in [9.17, 15) is 23.6 Å². The lowest BCUT2D eigenvalue weighted by molar-refractivity contribution is -0.123. The van der Waals surface area contributed by atoms with E-state index in [1.54, 1.807) is 0 Å². The van der Waals surface area contributed by atoms with Gasteiger partial charge in [-0.15, -0.1) is 0 Å².